The van der Waals surface area contributed by atoms with Gasteiger partial charge < -0.3 is 5.01 Å². The Bertz CT molecular complexity index is 638. The van der Waals surface area contributed by atoms with E-state index in [4.69, 9.17) is 0 Å². The summed E-state index contributed by atoms with van der Waals surface area (Å²) in [6.45, 7) is 5.70. The maximum absolute atomic E-state index is 4.39. The molecule has 1 aromatic heterocycles. The Morgan fingerprint density at radius 3 is 2.81 bits per heavy atom. The van der Waals surface area contributed by atoms with Crippen molar-refractivity contribution in [1.82, 2.24) is 9.99 Å². The number of hydrazine groups is 1. The van der Waals surface area contributed by atoms with E-state index in [2.05, 4.69) is 52.4 Å². The van der Waals surface area contributed by atoms with Crippen LogP contribution in [0, 0.1) is 19.0 Å². The Labute approximate surface area is 126 Å². The Hall–Kier alpha value is -1.87. The maximum Gasteiger partial charge on any atom is 0.0975 e. The third-order valence-electron chi connectivity index (χ3n) is 4.82. The van der Waals surface area contributed by atoms with Gasteiger partial charge in [0, 0.05) is 25.2 Å². The largest absolute Gasteiger partial charge is 0.304 e. The van der Waals surface area contributed by atoms with E-state index in [9.17, 15) is 0 Å². The van der Waals surface area contributed by atoms with E-state index in [1.54, 1.807) is 0 Å². The predicted molar refractivity (Wildman–Crippen MR) is 84.9 cm³/mol. The summed E-state index contributed by atoms with van der Waals surface area (Å²) in [5.74, 6) is 0.901. The quantitative estimate of drug-likeness (QED) is 0.840. The van der Waals surface area contributed by atoms with Crippen molar-refractivity contribution in [2.24, 2.45) is 5.92 Å². The van der Waals surface area contributed by atoms with Crippen molar-refractivity contribution < 1.29 is 0 Å². The van der Waals surface area contributed by atoms with Crippen molar-refractivity contribution in [3.8, 4) is 11.1 Å². The van der Waals surface area contributed by atoms with Gasteiger partial charge in [-0.1, -0.05) is 30.3 Å². The van der Waals surface area contributed by atoms with Crippen LogP contribution in [0.3, 0.4) is 0 Å². The summed E-state index contributed by atoms with van der Waals surface area (Å²) in [6.07, 6.45) is 7.79. The lowest BCUT2D eigenvalue weighted by Gasteiger charge is -2.38. The van der Waals surface area contributed by atoms with E-state index in [1.807, 2.05) is 12.3 Å². The average Bonchev–Trinajstić information content (AvgIpc) is 2.91. The summed E-state index contributed by atoms with van der Waals surface area (Å²) in [4.78, 5) is 4.39. The van der Waals surface area contributed by atoms with Gasteiger partial charge in [-0.15, -0.1) is 0 Å². The molecule has 2 saturated heterocycles. The minimum Gasteiger partial charge on any atom is -0.304 e. The van der Waals surface area contributed by atoms with Crippen LogP contribution in [0.5, 0.6) is 0 Å². The first kappa shape index (κ1) is 12.8. The lowest BCUT2D eigenvalue weighted by molar-refractivity contribution is 0.253. The zero-order valence-electron chi connectivity index (χ0n) is 12.4. The summed E-state index contributed by atoms with van der Waals surface area (Å²) in [5, 5.41) is 4.93. The monoisotopic (exact) mass is 278 g/mol. The number of pyridine rings is 1. The molecule has 3 nitrogen and oxygen atoms in total. The van der Waals surface area contributed by atoms with Gasteiger partial charge in [-0.05, 0) is 36.8 Å². The fourth-order valence-corrected chi connectivity index (χ4v) is 3.60. The van der Waals surface area contributed by atoms with Crippen LogP contribution in [0.15, 0.2) is 36.5 Å². The molecule has 0 amide bonds. The standard InChI is InChI=1S/C18H20N3/c1-14-17(16-5-3-2-4-6-16)11-19-12-18(14)21-10-8-15-7-9-20(21)13-15/h2-6,12,15H,7-10,13H2,1H3. The Morgan fingerprint density at radius 2 is 1.95 bits per heavy atom. The van der Waals surface area contributed by atoms with E-state index in [-0.39, 0.29) is 0 Å². The summed E-state index contributed by atoms with van der Waals surface area (Å²) < 4.78 is 0. The topological polar surface area (TPSA) is 19.4 Å². The van der Waals surface area contributed by atoms with Crippen molar-refractivity contribution in [2.75, 3.05) is 24.6 Å². The third-order valence-corrected chi connectivity index (χ3v) is 4.82. The highest BCUT2D eigenvalue weighted by Gasteiger charge is 2.33. The van der Waals surface area contributed by atoms with Crippen molar-refractivity contribution in [3.05, 3.63) is 48.3 Å². The number of rotatable bonds is 2. The Kier molecular flexibility index (Phi) is 3.15. The first-order chi connectivity index (χ1) is 10.3. The smallest absolute Gasteiger partial charge is 0.0975 e. The summed E-state index contributed by atoms with van der Waals surface area (Å²) in [6, 6.07) is 10.5. The molecule has 1 radical (unpaired) electrons. The van der Waals surface area contributed by atoms with Crippen molar-refractivity contribution in [2.45, 2.75) is 19.8 Å². The lowest BCUT2D eigenvalue weighted by atomic mass is 10.0. The fourth-order valence-electron chi connectivity index (χ4n) is 3.60. The van der Waals surface area contributed by atoms with Crippen LogP contribution in [0.1, 0.15) is 18.4 Å². The molecule has 2 fully saturated rings. The second kappa shape index (κ2) is 5.15. The van der Waals surface area contributed by atoms with E-state index >= 15 is 0 Å². The maximum atomic E-state index is 4.39. The van der Waals surface area contributed by atoms with Gasteiger partial charge >= 0.3 is 0 Å². The van der Waals surface area contributed by atoms with Crippen molar-refractivity contribution in [1.29, 1.82) is 0 Å². The number of benzene rings is 1. The van der Waals surface area contributed by atoms with E-state index < -0.39 is 0 Å². The number of hydrogen-bond acceptors (Lipinski definition) is 3. The molecule has 4 rings (SSSR count). The third kappa shape index (κ3) is 2.22. The van der Waals surface area contributed by atoms with Gasteiger partial charge in [0.1, 0.15) is 0 Å². The van der Waals surface area contributed by atoms with Gasteiger partial charge in [0.25, 0.3) is 0 Å². The molecule has 2 aliphatic heterocycles. The molecule has 2 aromatic rings. The molecular formula is C18H20N3. The van der Waals surface area contributed by atoms with Crippen LogP contribution in [0.4, 0.5) is 5.69 Å². The average molecular weight is 278 g/mol. The van der Waals surface area contributed by atoms with Crippen LogP contribution >= 0.6 is 0 Å². The van der Waals surface area contributed by atoms with Gasteiger partial charge in [0.05, 0.1) is 18.1 Å². The van der Waals surface area contributed by atoms with Gasteiger partial charge in [-0.25, -0.2) is 5.01 Å². The number of fused-ring (bicyclic) bond motifs is 2. The van der Waals surface area contributed by atoms with E-state index in [1.165, 1.54) is 42.7 Å². The molecule has 107 valence electrons. The highest BCUT2D eigenvalue weighted by atomic mass is 15.6. The highest BCUT2D eigenvalue weighted by Crippen LogP contribution is 2.35. The SMILES string of the molecule is Cc1c(-c2ccccc2)[c]ncc1N1CCC2CCN1C2. The molecule has 1 aromatic carbocycles. The van der Waals surface area contributed by atoms with Crippen LogP contribution < -0.4 is 5.01 Å². The summed E-state index contributed by atoms with van der Waals surface area (Å²) in [7, 11) is 0. The minimum atomic E-state index is 0.901. The molecule has 3 heterocycles. The first-order valence-corrected chi connectivity index (χ1v) is 7.78. The summed E-state index contributed by atoms with van der Waals surface area (Å²) in [5.41, 5.74) is 4.84. The van der Waals surface area contributed by atoms with Gasteiger partial charge in [0.15, 0.2) is 0 Å². The first-order valence-electron chi connectivity index (χ1n) is 7.78. The van der Waals surface area contributed by atoms with Crippen LogP contribution in [-0.2, 0) is 0 Å². The molecule has 0 spiro atoms. The number of hydrogen-bond donors (Lipinski definition) is 0. The molecule has 2 unspecified atom stereocenters. The molecule has 3 heteroatoms. The number of nitrogens with zero attached hydrogens (tertiary/aromatic N) is 3. The summed E-state index contributed by atoms with van der Waals surface area (Å²) >= 11 is 0. The Morgan fingerprint density at radius 1 is 1.14 bits per heavy atom. The number of anilines is 1. The minimum absolute atomic E-state index is 0.901. The van der Waals surface area contributed by atoms with Crippen molar-refractivity contribution in [3.63, 3.8) is 0 Å². The van der Waals surface area contributed by atoms with Gasteiger partial charge in [-0.3, -0.25) is 4.98 Å². The fraction of sp³-hybridized carbons (Fsp3) is 0.389. The zero-order valence-corrected chi connectivity index (χ0v) is 12.4. The molecular weight excluding hydrogens is 258 g/mol. The van der Waals surface area contributed by atoms with Gasteiger partial charge in [0.2, 0.25) is 0 Å². The zero-order chi connectivity index (χ0) is 14.2. The van der Waals surface area contributed by atoms with E-state index in [0.29, 0.717) is 0 Å². The highest BCUT2D eigenvalue weighted by molar-refractivity contribution is 5.72. The second-order valence-electron chi connectivity index (χ2n) is 6.10. The molecule has 0 N–H and O–H groups in total. The van der Waals surface area contributed by atoms with Gasteiger partial charge in [-0.2, -0.15) is 0 Å². The normalized spacial score (nSPS) is 24.3. The number of aromatic nitrogens is 1. The Balaban J connectivity index is 1.73. The van der Waals surface area contributed by atoms with E-state index in [0.717, 1.165) is 18.0 Å². The second-order valence-corrected chi connectivity index (χ2v) is 6.10. The molecule has 21 heavy (non-hydrogen) atoms. The lowest BCUT2D eigenvalue weighted by Crippen LogP contribution is -2.45. The van der Waals surface area contributed by atoms with Crippen LogP contribution in [0.2, 0.25) is 0 Å². The van der Waals surface area contributed by atoms with Crippen LogP contribution in [0.25, 0.3) is 11.1 Å². The predicted octanol–water partition coefficient (Wildman–Crippen LogP) is 3.30. The van der Waals surface area contributed by atoms with Crippen molar-refractivity contribution >= 4 is 5.69 Å². The molecule has 2 bridgehead atoms. The molecule has 2 aliphatic rings. The van der Waals surface area contributed by atoms with Crippen LogP contribution in [-0.4, -0.2) is 29.6 Å². The molecule has 0 saturated carbocycles. The molecule has 0 aliphatic carbocycles. The molecule has 2 atom stereocenters.